The van der Waals surface area contributed by atoms with Crippen LogP contribution >= 0.6 is 12.4 Å². The number of ether oxygens (including phenoxy) is 1. The van der Waals surface area contributed by atoms with Crippen LogP contribution in [0.2, 0.25) is 0 Å². The molecule has 0 aromatic heterocycles. The molecular formula is C27H28ClN3O2. The van der Waals surface area contributed by atoms with Gasteiger partial charge in [-0.3, -0.25) is 9.79 Å². The van der Waals surface area contributed by atoms with Crippen LogP contribution in [0.15, 0.2) is 83.9 Å². The van der Waals surface area contributed by atoms with Crippen LogP contribution < -0.4 is 15.0 Å². The van der Waals surface area contributed by atoms with Crippen molar-refractivity contribution in [3.05, 3.63) is 101 Å². The average molecular weight is 462 g/mol. The van der Waals surface area contributed by atoms with Crippen LogP contribution in [0.4, 0.5) is 5.69 Å². The van der Waals surface area contributed by atoms with Crippen LogP contribution in [-0.2, 0) is 6.54 Å². The number of likely N-dealkylation sites (N-methyl/N-ethyl adjacent to an activating group) is 1. The third-order valence-electron chi connectivity index (χ3n) is 5.50. The van der Waals surface area contributed by atoms with E-state index < -0.39 is 0 Å². The number of fused-ring (bicyclic) bond motifs is 1. The first-order chi connectivity index (χ1) is 15.6. The summed E-state index contributed by atoms with van der Waals surface area (Å²) in [6.07, 6.45) is 4.09. The van der Waals surface area contributed by atoms with Crippen LogP contribution in [0.25, 0.3) is 6.08 Å². The Morgan fingerprint density at radius 1 is 1.06 bits per heavy atom. The smallest absolute Gasteiger partial charge is 0.251 e. The van der Waals surface area contributed by atoms with Crippen molar-refractivity contribution < 1.29 is 9.53 Å². The van der Waals surface area contributed by atoms with Crippen LogP contribution in [0.5, 0.6) is 5.75 Å². The average Bonchev–Trinajstić information content (AvgIpc) is 3.00. The monoisotopic (exact) mass is 461 g/mol. The second kappa shape index (κ2) is 11.3. The van der Waals surface area contributed by atoms with E-state index >= 15 is 0 Å². The Morgan fingerprint density at radius 2 is 1.85 bits per heavy atom. The Labute approximate surface area is 201 Å². The van der Waals surface area contributed by atoms with Crippen molar-refractivity contribution >= 4 is 35.8 Å². The maximum absolute atomic E-state index is 12.5. The summed E-state index contributed by atoms with van der Waals surface area (Å²) in [6.45, 7) is 2.11. The normalized spacial score (nSPS) is 12.9. The number of benzene rings is 3. The highest BCUT2D eigenvalue weighted by Gasteiger charge is 2.13. The summed E-state index contributed by atoms with van der Waals surface area (Å²) in [5, 5.41) is 2.96. The second-order valence-electron chi connectivity index (χ2n) is 7.70. The molecule has 0 spiro atoms. The summed E-state index contributed by atoms with van der Waals surface area (Å²) in [6, 6.07) is 23.6. The minimum atomic E-state index is -0.103. The molecule has 3 aromatic rings. The molecule has 0 saturated carbocycles. The van der Waals surface area contributed by atoms with Crippen molar-refractivity contribution in [1.29, 1.82) is 0 Å². The van der Waals surface area contributed by atoms with Gasteiger partial charge >= 0.3 is 0 Å². The molecule has 33 heavy (non-hydrogen) atoms. The number of benzodiazepines with no additional fused rings is 1. The molecule has 1 heterocycles. The van der Waals surface area contributed by atoms with Crippen molar-refractivity contribution in [2.24, 2.45) is 4.99 Å². The Morgan fingerprint density at radius 3 is 2.64 bits per heavy atom. The number of hydrogen-bond acceptors (Lipinski definition) is 4. The lowest BCUT2D eigenvalue weighted by Crippen LogP contribution is -2.22. The van der Waals surface area contributed by atoms with E-state index in [4.69, 9.17) is 9.73 Å². The molecule has 0 fully saturated rings. The number of hydrogen-bond donors (Lipinski definition) is 1. The van der Waals surface area contributed by atoms with Crippen LogP contribution in [-0.4, -0.2) is 38.9 Å². The Bertz CT molecular complexity index is 1160. The number of nitrogens with one attached hydrogen (secondary N) is 1. The third-order valence-corrected chi connectivity index (χ3v) is 5.50. The Kier molecular flexibility index (Phi) is 8.28. The summed E-state index contributed by atoms with van der Waals surface area (Å²) in [4.78, 5) is 19.5. The van der Waals surface area contributed by atoms with Gasteiger partial charge in [-0.25, -0.2) is 0 Å². The van der Waals surface area contributed by atoms with Gasteiger partial charge in [0.05, 0.1) is 19.4 Å². The predicted molar refractivity (Wildman–Crippen MR) is 138 cm³/mol. The number of anilines is 1. The molecule has 1 aliphatic heterocycles. The van der Waals surface area contributed by atoms with Crippen LogP contribution in [0.3, 0.4) is 0 Å². The maximum atomic E-state index is 12.5. The number of rotatable bonds is 6. The number of carbonyl (C=O) groups excluding carboxylic acids is 1. The van der Waals surface area contributed by atoms with Gasteiger partial charge in [0, 0.05) is 37.0 Å². The molecule has 0 unspecified atom stereocenters. The number of halogens is 1. The number of aliphatic imine (C=N–C) groups is 1. The van der Waals surface area contributed by atoms with Gasteiger partial charge in [0.2, 0.25) is 0 Å². The molecule has 1 amide bonds. The zero-order valence-electron chi connectivity index (χ0n) is 18.8. The molecule has 0 aliphatic carbocycles. The Balaban J connectivity index is 0.00000306. The van der Waals surface area contributed by atoms with E-state index in [-0.39, 0.29) is 18.3 Å². The lowest BCUT2D eigenvalue weighted by Gasteiger charge is -2.18. The van der Waals surface area contributed by atoms with E-state index in [0.29, 0.717) is 12.1 Å². The molecule has 0 radical (unpaired) electrons. The van der Waals surface area contributed by atoms with Gasteiger partial charge in [0.15, 0.2) is 0 Å². The fourth-order valence-electron chi connectivity index (χ4n) is 3.68. The van der Waals surface area contributed by atoms with E-state index in [1.807, 2.05) is 60.7 Å². The molecule has 3 aromatic carbocycles. The van der Waals surface area contributed by atoms with Gasteiger partial charge in [-0.05, 0) is 47.5 Å². The highest BCUT2D eigenvalue weighted by molar-refractivity contribution is 6.14. The van der Waals surface area contributed by atoms with Crippen molar-refractivity contribution in [3.63, 3.8) is 0 Å². The number of para-hydroxylation sites is 1. The van der Waals surface area contributed by atoms with E-state index in [1.165, 1.54) is 5.69 Å². The van der Waals surface area contributed by atoms with Crippen molar-refractivity contribution in [2.75, 3.05) is 32.1 Å². The SMILES string of the molecule is COc1cccc(CNC(=O)c2ccc(/C=C/C3=NCCN(C)c4ccccc43)cc2)c1.Cl. The Hall–Kier alpha value is -3.57. The first-order valence-electron chi connectivity index (χ1n) is 10.7. The largest absolute Gasteiger partial charge is 0.497 e. The van der Waals surface area contributed by atoms with Gasteiger partial charge in [-0.15, -0.1) is 12.4 Å². The van der Waals surface area contributed by atoms with Crippen molar-refractivity contribution in [2.45, 2.75) is 6.54 Å². The number of methoxy groups -OCH3 is 1. The zero-order chi connectivity index (χ0) is 22.3. The van der Waals surface area contributed by atoms with E-state index in [1.54, 1.807) is 7.11 Å². The van der Waals surface area contributed by atoms with Gasteiger partial charge in [-0.2, -0.15) is 0 Å². The molecule has 4 rings (SSSR count). The number of nitrogens with zero attached hydrogens (tertiary/aromatic N) is 2. The molecule has 1 aliphatic rings. The number of carbonyl (C=O) groups is 1. The second-order valence-corrected chi connectivity index (χ2v) is 7.70. The van der Waals surface area contributed by atoms with Crippen molar-refractivity contribution in [3.8, 4) is 5.75 Å². The van der Waals surface area contributed by atoms with Gasteiger partial charge in [0.25, 0.3) is 5.91 Å². The summed E-state index contributed by atoms with van der Waals surface area (Å²) in [5.74, 6) is 0.675. The third kappa shape index (κ3) is 6.02. The fourth-order valence-corrected chi connectivity index (χ4v) is 3.68. The highest BCUT2D eigenvalue weighted by atomic mass is 35.5. The topological polar surface area (TPSA) is 53.9 Å². The van der Waals surface area contributed by atoms with Gasteiger partial charge in [0.1, 0.15) is 5.75 Å². The summed E-state index contributed by atoms with van der Waals surface area (Å²) < 4.78 is 5.23. The van der Waals surface area contributed by atoms with E-state index in [0.717, 1.165) is 41.2 Å². The lowest BCUT2D eigenvalue weighted by atomic mass is 10.0. The van der Waals surface area contributed by atoms with Gasteiger partial charge < -0.3 is 15.0 Å². The van der Waals surface area contributed by atoms with Crippen LogP contribution in [0, 0.1) is 0 Å². The fraction of sp³-hybridized carbons (Fsp3) is 0.185. The van der Waals surface area contributed by atoms with Gasteiger partial charge in [-0.1, -0.05) is 48.5 Å². The maximum Gasteiger partial charge on any atom is 0.251 e. The predicted octanol–water partition coefficient (Wildman–Crippen LogP) is 5.00. The van der Waals surface area contributed by atoms with E-state index in [2.05, 4.69) is 41.5 Å². The molecule has 0 atom stereocenters. The lowest BCUT2D eigenvalue weighted by molar-refractivity contribution is 0.0951. The number of amides is 1. The molecule has 5 nitrogen and oxygen atoms in total. The standard InChI is InChI=1S/C27H27N3O2.ClH/c1-30-17-16-28-25(24-8-3-4-9-26(24)30)15-12-20-10-13-22(14-11-20)27(31)29-19-21-6-5-7-23(18-21)32-2;/h3-15,18H,16-17,19H2,1-2H3,(H,29,31);1H/b15-12+;. The molecule has 170 valence electrons. The first kappa shape index (κ1) is 24.1. The molecule has 6 heteroatoms. The van der Waals surface area contributed by atoms with Crippen molar-refractivity contribution in [1.82, 2.24) is 5.32 Å². The van der Waals surface area contributed by atoms with Crippen LogP contribution in [0.1, 0.15) is 27.0 Å². The summed E-state index contributed by atoms with van der Waals surface area (Å²) >= 11 is 0. The zero-order valence-corrected chi connectivity index (χ0v) is 19.6. The number of allylic oxidation sites excluding steroid dienone is 1. The minimum Gasteiger partial charge on any atom is -0.497 e. The summed E-state index contributed by atoms with van der Waals surface area (Å²) in [5.41, 5.74) is 5.95. The molecule has 0 saturated heterocycles. The van der Waals surface area contributed by atoms with E-state index in [9.17, 15) is 4.79 Å². The molecule has 0 bridgehead atoms. The molecule has 1 N–H and O–H groups in total. The first-order valence-corrected chi connectivity index (χ1v) is 10.7. The highest BCUT2D eigenvalue weighted by Crippen LogP contribution is 2.23. The minimum absolute atomic E-state index is 0. The summed E-state index contributed by atoms with van der Waals surface area (Å²) in [7, 11) is 3.73. The quantitative estimate of drug-likeness (QED) is 0.562. The molecular weight excluding hydrogens is 434 g/mol.